The second-order valence-corrected chi connectivity index (χ2v) is 7.70. The minimum absolute atomic E-state index is 0.0581. The van der Waals surface area contributed by atoms with E-state index in [0.29, 0.717) is 6.04 Å². The Morgan fingerprint density at radius 1 is 1.12 bits per heavy atom. The lowest BCUT2D eigenvalue weighted by molar-refractivity contribution is -0.123. The van der Waals surface area contributed by atoms with Crippen molar-refractivity contribution >= 4 is 22.5 Å². The number of carbonyl (C=O) groups is 1. The molecule has 1 unspecified atom stereocenters. The molecule has 2 aliphatic rings. The summed E-state index contributed by atoms with van der Waals surface area (Å²) in [4.78, 5) is 21.4. The van der Waals surface area contributed by atoms with Gasteiger partial charge < -0.3 is 10.6 Å². The minimum atomic E-state index is -0.156. The van der Waals surface area contributed by atoms with Crippen molar-refractivity contribution in [3.8, 4) is 0 Å². The number of benzene rings is 1. The SMILES string of the molecule is Cc1nc2ccccc2c(N2CCC(N3CCCC3C(N)=O)CC2)c1C. The Morgan fingerprint density at radius 2 is 1.85 bits per heavy atom. The second kappa shape index (κ2) is 6.88. The number of fused-ring (bicyclic) bond motifs is 1. The summed E-state index contributed by atoms with van der Waals surface area (Å²) in [6, 6.07) is 8.84. The summed E-state index contributed by atoms with van der Waals surface area (Å²) < 4.78 is 0. The van der Waals surface area contributed by atoms with Gasteiger partial charge >= 0.3 is 0 Å². The lowest BCUT2D eigenvalue weighted by Crippen LogP contribution is -2.50. The Kier molecular flexibility index (Phi) is 4.57. The zero-order valence-corrected chi connectivity index (χ0v) is 15.7. The van der Waals surface area contributed by atoms with Gasteiger partial charge in [0.15, 0.2) is 0 Å². The van der Waals surface area contributed by atoms with E-state index in [1.165, 1.54) is 16.6 Å². The predicted molar refractivity (Wildman–Crippen MR) is 105 cm³/mol. The lowest BCUT2D eigenvalue weighted by atomic mass is 9.99. The molecule has 3 heterocycles. The third kappa shape index (κ3) is 2.94. The Hall–Kier alpha value is -2.14. The first kappa shape index (κ1) is 17.3. The summed E-state index contributed by atoms with van der Waals surface area (Å²) in [5.41, 5.74) is 10.4. The Balaban J connectivity index is 1.56. The topological polar surface area (TPSA) is 62.5 Å². The molecule has 1 aromatic heterocycles. The van der Waals surface area contributed by atoms with Crippen LogP contribution in [0.3, 0.4) is 0 Å². The third-order valence-electron chi connectivity index (χ3n) is 6.22. The van der Waals surface area contributed by atoms with Crippen LogP contribution in [0.1, 0.15) is 36.9 Å². The van der Waals surface area contributed by atoms with Gasteiger partial charge in [-0.1, -0.05) is 18.2 Å². The highest BCUT2D eigenvalue weighted by molar-refractivity contribution is 5.93. The van der Waals surface area contributed by atoms with Crippen LogP contribution in [0.15, 0.2) is 24.3 Å². The van der Waals surface area contributed by atoms with Crippen LogP contribution in [0.5, 0.6) is 0 Å². The van der Waals surface area contributed by atoms with Gasteiger partial charge in [-0.3, -0.25) is 14.7 Å². The fourth-order valence-electron chi connectivity index (χ4n) is 4.77. The van der Waals surface area contributed by atoms with E-state index < -0.39 is 0 Å². The maximum absolute atomic E-state index is 11.7. The smallest absolute Gasteiger partial charge is 0.234 e. The van der Waals surface area contributed by atoms with Crippen LogP contribution in [-0.4, -0.2) is 47.5 Å². The van der Waals surface area contributed by atoms with Crippen LogP contribution < -0.4 is 10.6 Å². The summed E-state index contributed by atoms with van der Waals surface area (Å²) in [7, 11) is 0. The van der Waals surface area contributed by atoms with Gasteiger partial charge in [-0.2, -0.15) is 0 Å². The van der Waals surface area contributed by atoms with Crippen LogP contribution in [0.25, 0.3) is 10.9 Å². The molecular formula is C21H28N4O. The molecule has 0 bridgehead atoms. The lowest BCUT2D eigenvalue weighted by Gasteiger charge is -2.40. The highest BCUT2D eigenvalue weighted by atomic mass is 16.1. The number of anilines is 1. The normalized spacial score (nSPS) is 22.2. The van der Waals surface area contributed by atoms with Crippen molar-refractivity contribution in [3.05, 3.63) is 35.5 Å². The van der Waals surface area contributed by atoms with Gasteiger partial charge in [-0.25, -0.2) is 0 Å². The molecule has 2 N–H and O–H groups in total. The van der Waals surface area contributed by atoms with E-state index in [1.807, 2.05) is 0 Å². The van der Waals surface area contributed by atoms with Crippen molar-refractivity contribution in [3.63, 3.8) is 0 Å². The number of hydrogen-bond acceptors (Lipinski definition) is 4. The highest BCUT2D eigenvalue weighted by Crippen LogP contribution is 2.34. The number of pyridine rings is 1. The zero-order valence-electron chi connectivity index (χ0n) is 15.7. The predicted octanol–water partition coefficient (Wildman–Crippen LogP) is 2.77. The van der Waals surface area contributed by atoms with Crippen LogP contribution in [0, 0.1) is 13.8 Å². The standard InChI is InChI=1S/C21H28N4O/c1-14-15(2)23-18-7-4-3-6-17(18)20(14)24-12-9-16(10-13-24)25-11-5-8-19(25)21(22)26/h3-4,6-7,16,19H,5,8-13H2,1-2H3,(H2,22,26). The number of aromatic nitrogens is 1. The summed E-state index contributed by atoms with van der Waals surface area (Å²) in [6.45, 7) is 7.32. The van der Waals surface area contributed by atoms with Crippen LogP contribution in [0.4, 0.5) is 5.69 Å². The van der Waals surface area contributed by atoms with Crippen LogP contribution in [-0.2, 0) is 4.79 Å². The molecule has 1 aromatic carbocycles. The molecule has 1 atom stereocenters. The first-order valence-corrected chi connectivity index (χ1v) is 9.72. The fourth-order valence-corrected chi connectivity index (χ4v) is 4.77. The quantitative estimate of drug-likeness (QED) is 0.923. The number of carbonyl (C=O) groups excluding carboxylic acids is 1. The van der Waals surface area contributed by atoms with Crippen molar-refractivity contribution in [2.75, 3.05) is 24.5 Å². The van der Waals surface area contributed by atoms with Crippen LogP contribution >= 0.6 is 0 Å². The van der Waals surface area contributed by atoms with E-state index in [2.05, 4.69) is 47.9 Å². The van der Waals surface area contributed by atoms with E-state index in [-0.39, 0.29) is 11.9 Å². The van der Waals surface area contributed by atoms with E-state index in [9.17, 15) is 4.79 Å². The van der Waals surface area contributed by atoms with Crippen molar-refractivity contribution in [1.29, 1.82) is 0 Å². The van der Waals surface area contributed by atoms with Crippen molar-refractivity contribution in [1.82, 2.24) is 9.88 Å². The highest BCUT2D eigenvalue weighted by Gasteiger charge is 2.36. The van der Waals surface area contributed by atoms with Gasteiger partial charge in [-0.05, 0) is 57.7 Å². The van der Waals surface area contributed by atoms with Gasteiger partial charge in [0.25, 0.3) is 0 Å². The number of rotatable bonds is 3. The number of aryl methyl sites for hydroxylation is 1. The average Bonchev–Trinajstić information content (AvgIpc) is 3.13. The minimum Gasteiger partial charge on any atom is -0.371 e. The van der Waals surface area contributed by atoms with E-state index >= 15 is 0 Å². The molecule has 0 saturated carbocycles. The Bertz CT molecular complexity index is 826. The summed E-state index contributed by atoms with van der Waals surface area (Å²) in [5.74, 6) is -0.156. The Morgan fingerprint density at radius 3 is 2.58 bits per heavy atom. The van der Waals surface area contributed by atoms with Crippen molar-refractivity contribution < 1.29 is 4.79 Å². The summed E-state index contributed by atoms with van der Waals surface area (Å²) in [5, 5.41) is 1.24. The second-order valence-electron chi connectivity index (χ2n) is 7.70. The molecule has 26 heavy (non-hydrogen) atoms. The third-order valence-corrected chi connectivity index (χ3v) is 6.22. The molecule has 0 radical (unpaired) electrons. The molecule has 2 saturated heterocycles. The van der Waals surface area contributed by atoms with Crippen LogP contribution in [0.2, 0.25) is 0 Å². The number of amides is 1. The van der Waals surface area contributed by atoms with Gasteiger partial charge in [-0.15, -0.1) is 0 Å². The number of nitrogens with zero attached hydrogens (tertiary/aromatic N) is 3. The van der Waals surface area contributed by atoms with Crippen molar-refractivity contribution in [2.24, 2.45) is 5.73 Å². The zero-order chi connectivity index (χ0) is 18.3. The Labute approximate surface area is 155 Å². The molecule has 2 aromatic rings. The van der Waals surface area contributed by atoms with E-state index in [1.54, 1.807) is 0 Å². The fraction of sp³-hybridized carbons (Fsp3) is 0.524. The maximum atomic E-state index is 11.7. The molecule has 2 fully saturated rings. The number of nitrogens with two attached hydrogens (primary N) is 1. The average molecular weight is 352 g/mol. The van der Waals surface area contributed by atoms with Gasteiger partial charge in [0.05, 0.1) is 17.2 Å². The number of likely N-dealkylation sites (tertiary alicyclic amines) is 1. The summed E-state index contributed by atoms with van der Waals surface area (Å²) >= 11 is 0. The first-order valence-electron chi connectivity index (χ1n) is 9.72. The number of primary amides is 1. The molecule has 5 nitrogen and oxygen atoms in total. The number of hydrogen-bond donors (Lipinski definition) is 1. The number of para-hydroxylation sites is 1. The van der Waals surface area contributed by atoms with E-state index in [0.717, 1.165) is 56.5 Å². The van der Waals surface area contributed by atoms with Crippen molar-refractivity contribution in [2.45, 2.75) is 51.6 Å². The molecule has 1 amide bonds. The molecule has 5 heteroatoms. The van der Waals surface area contributed by atoms with Gasteiger partial charge in [0.1, 0.15) is 0 Å². The first-order chi connectivity index (χ1) is 12.6. The molecule has 0 aliphatic carbocycles. The molecule has 2 aliphatic heterocycles. The maximum Gasteiger partial charge on any atom is 0.234 e. The van der Waals surface area contributed by atoms with E-state index in [4.69, 9.17) is 10.7 Å². The van der Waals surface area contributed by atoms with Gasteiger partial charge in [0, 0.05) is 30.2 Å². The van der Waals surface area contributed by atoms with Gasteiger partial charge in [0.2, 0.25) is 5.91 Å². The molecular weight excluding hydrogens is 324 g/mol. The number of piperidine rings is 1. The molecule has 4 rings (SSSR count). The largest absolute Gasteiger partial charge is 0.371 e. The molecule has 0 spiro atoms. The summed E-state index contributed by atoms with van der Waals surface area (Å²) in [6.07, 6.45) is 4.17. The molecule has 138 valence electrons. The monoisotopic (exact) mass is 352 g/mol.